The largest absolute Gasteiger partial charge is 0.416 e. The van der Waals surface area contributed by atoms with E-state index in [0.29, 0.717) is 11.3 Å². The Bertz CT molecular complexity index is 792. The van der Waals surface area contributed by atoms with Crippen LogP contribution in [0.4, 0.5) is 13.2 Å². The lowest BCUT2D eigenvalue weighted by molar-refractivity contribution is -0.137. The molecule has 2 atom stereocenters. The van der Waals surface area contributed by atoms with Crippen molar-refractivity contribution >= 4 is 5.91 Å². The number of halogens is 3. The minimum atomic E-state index is -4.46. The van der Waals surface area contributed by atoms with E-state index in [9.17, 15) is 23.1 Å². The zero-order chi connectivity index (χ0) is 18.2. The second-order valence-corrected chi connectivity index (χ2v) is 6.15. The molecule has 0 saturated carbocycles. The molecule has 0 radical (unpaired) electrons. The van der Waals surface area contributed by atoms with Crippen molar-refractivity contribution in [1.29, 1.82) is 0 Å². The molecule has 2 heterocycles. The maximum atomic E-state index is 13.0. The van der Waals surface area contributed by atoms with E-state index >= 15 is 0 Å². The highest BCUT2D eigenvalue weighted by Crippen LogP contribution is 2.36. The van der Waals surface area contributed by atoms with Gasteiger partial charge in [0.15, 0.2) is 0 Å². The molecule has 3 rings (SSSR count). The van der Waals surface area contributed by atoms with Crippen LogP contribution in [0.3, 0.4) is 0 Å². The average molecular weight is 350 g/mol. The molecule has 0 spiro atoms. The second kappa shape index (κ2) is 6.48. The van der Waals surface area contributed by atoms with Crippen LogP contribution in [-0.4, -0.2) is 33.5 Å². The normalized spacial score (nSPS) is 20.8. The Balaban J connectivity index is 1.94. The highest BCUT2D eigenvalue weighted by atomic mass is 19.4. The fourth-order valence-electron chi connectivity index (χ4n) is 3.09. The lowest BCUT2D eigenvalue weighted by Gasteiger charge is -2.25. The van der Waals surface area contributed by atoms with E-state index in [4.69, 9.17) is 0 Å². The van der Waals surface area contributed by atoms with Gasteiger partial charge in [-0.1, -0.05) is 18.2 Å². The third-order valence-electron chi connectivity index (χ3n) is 4.25. The van der Waals surface area contributed by atoms with Crippen LogP contribution in [0.25, 0.3) is 0 Å². The van der Waals surface area contributed by atoms with Gasteiger partial charge in [-0.2, -0.15) is 13.2 Å². The van der Waals surface area contributed by atoms with Gasteiger partial charge in [0.05, 0.1) is 17.7 Å². The molecule has 0 bridgehead atoms. The number of rotatable bonds is 2. The van der Waals surface area contributed by atoms with Gasteiger partial charge in [0.1, 0.15) is 5.69 Å². The first-order valence-corrected chi connectivity index (χ1v) is 7.85. The van der Waals surface area contributed by atoms with Gasteiger partial charge < -0.3 is 10.0 Å². The third-order valence-corrected chi connectivity index (χ3v) is 4.25. The molecular formula is C18H17F3N2O2. The molecule has 2 aromatic rings. The van der Waals surface area contributed by atoms with Crippen molar-refractivity contribution in [3.63, 3.8) is 0 Å². The monoisotopic (exact) mass is 350 g/mol. The number of aromatic nitrogens is 1. The van der Waals surface area contributed by atoms with Crippen molar-refractivity contribution < 1.29 is 23.1 Å². The average Bonchev–Trinajstić information content (AvgIpc) is 2.95. The number of hydrogen-bond acceptors (Lipinski definition) is 3. The van der Waals surface area contributed by atoms with Gasteiger partial charge in [0.2, 0.25) is 0 Å². The summed E-state index contributed by atoms with van der Waals surface area (Å²) in [6.07, 6.45) is -5.05. The standard InChI is InChI=1S/C18H17F3N2O2/c1-11-4-2-7-15(22-11)17(25)23-10-14(24)9-16(23)12-5-3-6-13(8-12)18(19,20)21/h2-8,14,16,24H,9-10H2,1H3. The van der Waals surface area contributed by atoms with Crippen molar-refractivity contribution in [3.8, 4) is 0 Å². The number of alkyl halides is 3. The number of hydrogen-bond donors (Lipinski definition) is 1. The zero-order valence-electron chi connectivity index (χ0n) is 13.5. The predicted octanol–water partition coefficient (Wildman–Crippen LogP) is 3.36. The van der Waals surface area contributed by atoms with E-state index < -0.39 is 29.8 Å². The summed E-state index contributed by atoms with van der Waals surface area (Å²) in [6.45, 7) is 1.81. The van der Waals surface area contributed by atoms with Gasteiger partial charge in [-0.05, 0) is 43.2 Å². The molecule has 2 unspecified atom stereocenters. The first-order chi connectivity index (χ1) is 11.8. The number of benzene rings is 1. The topological polar surface area (TPSA) is 53.4 Å². The van der Waals surface area contributed by atoms with E-state index in [-0.39, 0.29) is 18.7 Å². The molecule has 1 aromatic carbocycles. The van der Waals surface area contributed by atoms with Crippen LogP contribution < -0.4 is 0 Å². The van der Waals surface area contributed by atoms with E-state index in [1.165, 1.54) is 11.0 Å². The Morgan fingerprint density at radius 2 is 1.96 bits per heavy atom. The summed E-state index contributed by atoms with van der Waals surface area (Å²) >= 11 is 0. The van der Waals surface area contributed by atoms with Crippen molar-refractivity contribution in [1.82, 2.24) is 9.88 Å². The molecule has 0 aliphatic carbocycles. The van der Waals surface area contributed by atoms with E-state index in [1.54, 1.807) is 31.2 Å². The van der Waals surface area contributed by atoms with Gasteiger partial charge in [-0.25, -0.2) is 4.98 Å². The zero-order valence-corrected chi connectivity index (χ0v) is 13.5. The Kier molecular flexibility index (Phi) is 4.51. The number of likely N-dealkylation sites (tertiary alicyclic amines) is 1. The summed E-state index contributed by atoms with van der Waals surface area (Å²) in [5, 5.41) is 9.97. The first-order valence-electron chi connectivity index (χ1n) is 7.85. The smallest absolute Gasteiger partial charge is 0.391 e. The number of carbonyl (C=O) groups is 1. The predicted molar refractivity (Wildman–Crippen MR) is 84.8 cm³/mol. The molecule has 1 fully saturated rings. The number of β-amino-alcohol motifs (C(OH)–C–C–N with tert-alkyl or cyclic N) is 1. The molecule has 1 saturated heterocycles. The maximum absolute atomic E-state index is 13.0. The first kappa shape index (κ1) is 17.4. The molecule has 1 aliphatic heterocycles. The highest BCUT2D eigenvalue weighted by Gasteiger charge is 2.38. The summed E-state index contributed by atoms with van der Waals surface area (Å²) in [6, 6.07) is 9.27. The number of aliphatic hydroxyl groups excluding tert-OH is 1. The summed E-state index contributed by atoms with van der Waals surface area (Å²) < 4.78 is 38.9. The Labute approximate surface area is 142 Å². The van der Waals surface area contributed by atoms with Crippen molar-refractivity contribution in [3.05, 3.63) is 65.0 Å². The van der Waals surface area contributed by atoms with Gasteiger partial charge >= 0.3 is 6.18 Å². The van der Waals surface area contributed by atoms with Gasteiger partial charge in [-0.15, -0.1) is 0 Å². The van der Waals surface area contributed by atoms with Crippen LogP contribution >= 0.6 is 0 Å². The molecule has 1 N–H and O–H groups in total. The fourth-order valence-corrected chi connectivity index (χ4v) is 3.09. The number of carbonyl (C=O) groups excluding carboxylic acids is 1. The number of nitrogens with zero attached hydrogens (tertiary/aromatic N) is 2. The highest BCUT2D eigenvalue weighted by molar-refractivity contribution is 5.92. The van der Waals surface area contributed by atoms with Gasteiger partial charge in [-0.3, -0.25) is 4.79 Å². The molecular weight excluding hydrogens is 333 g/mol. The molecule has 4 nitrogen and oxygen atoms in total. The minimum absolute atomic E-state index is 0.0648. The van der Waals surface area contributed by atoms with E-state index in [2.05, 4.69) is 4.98 Å². The Hall–Kier alpha value is -2.41. The van der Waals surface area contributed by atoms with Crippen molar-refractivity contribution in [2.45, 2.75) is 31.7 Å². The summed E-state index contributed by atoms with van der Waals surface area (Å²) in [4.78, 5) is 18.3. The van der Waals surface area contributed by atoms with Crippen molar-refractivity contribution in [2.24, 2.45) is 0 Å². The molecule has 132 valence electrons. The second-order valence-electron chi connectivity index (χ2n) is 6.15. The fraction of sp³-hybridized carbons (Fsp3) is 0.333. The van der Waals surface area contributed by atoms with Crippen LogP contribution in [0.15, 0.2) is 42.5 Å². The van der Waals surface area contributed by atoms with Gasteiger partial charge in [0, 0.05) is 12.2 Å². The van der Waals surface area contributed by atoms with Gasteiger partial charge in [0.25, 0.3) is 5.91 Å². The minimum Gasteiger partial charge on any atom is -0.391 e. The number of amides is 1. The molecule has 1 aliphatic rings. The van der Waals surface area contributed by atoms with Crippen LogP contribution in [0.5, 0.6) is 0 Å². The Morgan fingerprint density at radius 3 is 2.64 bits per heavy atom. The maximum Gasteiger partial charge on any atom is 0.416 e. The molecule has 1 amide bonds. The Morgan fingerprint density at radius 1 is 1.24 bits per heavy atom. The third kappa shape index (κ3) is 3.66. The van der Waals surface area contributed by atoms with Crippen LogP contribution in [0, 0.1) is 6.92 Å². The molecule has 7 heteroatoms. The number of aryl methyl sites for hydroxylation is 1. The quantitative estimate of drug-likeness (QED) is 0.904. The van der Waals surface area contributed by atoms with Crippen LogP contribution in [0.2, 0.25) is 0 Å². The van der Waals surface area contributed by atoms with Crippen LogP contribution in [-0.2, 0) is 6.18 Å². The van der Waals surface area contributed by atoms with E-state index in [1.807, 2.05) is 0 Å². The molecule has 25 heavy (non-hydrogen) atoms. The summed E-state index contributed by atoms with van der Waals surface area (Å²) in [5.74, 6) is -0.400. The lowest BCUT2D eigenvalue weighted by Crippen LogP contribution is -2.32. The van der Waals surface area contributed by atoms with E-state index in [0.717, 1.165) is 12.1 Å². The SMILES string of the molecule is Cc1cccc(C(=O)N2CC(O)CC2c2cccc(C(F)(F)F)c2)n1. The molecule has 1 aromatic heterocycles. The summed E-state index contributed by atoms with van der Waals surface area (Å²) in [7, 11) is 0. The van der Waals surface area contributed by atoms with Crippen LogP contribution in [0.1, 0.15) is 39.8 Å². The lowest BCUT2D eigenvalue weighted by atomic mass is 10.0. The van der Waals surface area contributed by atoms with Crippen molar-refractivity contribution in [2.75, 3.05) is 6.54 Å². The number of pyridine rings is 1. The summed E-state index contributed by atoms with van der Waals surface area (Å²) in [5.41, 5.74) is 0.465. The number of aliphatic hydroxyl groups is 1.